The normalized spacial score (nSPS) is 18.2. The second kappa shape index (κ2) is 4.82. The Balaban J connectivity index is 1.81. The van der Waals surface area contributed by atoms with Crippen LogP contribution < -0.4 is 10.5 Å². The molecule has 0 amide bonds. The topological polar surface area (TPSA) is 53.1 Å². The fourth-order valence-corrected chi connectivity index (χ4v) is 2.45. The second-order valence-corrected chi connectivity index (χ2v) is 4.61. The van der Waals surface area contributed by atoms with Crippen molar-refractivity contribution >= 4 is 0 Å². The Bertz CT molecular complexity index is 535. The minimum absolute atomic E-state index is 0.473. The van der Waals surface area contributed by atoms with Crippen molar-refractivity contribution in [2.24, 2.45) is 5.73 Å². The average Bonchev–Trinajstić information content (AvgIpc) is 2.87. The van der Waals surface area contributed by atoms with Crippen molar-refractivity contribution in [2.75, 3.05) is 6.61 Å². The van der Waals surface area contributed by atoms with Crippen molar-refractivity contribution in [1.29, 1.82) is 0 Å². The van der Waals surface area contributed by atoms with Crippen LogP contribution in [-0.2, 0) is 13.1 Å². The van der Waals surface area contributed by atoms with Crippen LogP contribution in [-0.4, -0.2) is 16.4 Å². The van der Waals surface area contributed by atoms with Crippen LogP contribution in [0.2, 0.25) is 0 Å². The summed E-state index contributed by atoms with van der Waals surface area (Å²) in [6, 6.07) is 10.2. The molecule has 3 rings (SSSR count). The van der Waals surface area contributed by atoms with E-state index < -0.39 is 0 Å². The smallest absolute Gasteiger partial charge is 0.122 e. The molecule has 1 aromatic carbocycles. The fraction of sp³-hybridized carbons (Fsp3) is 0.357. The van der Waals surface area contributed by atoms with E-state index in [0.717, 1.165) is 31.0 Å². The fourth-order valence-electron chi connectivity index (χ4n) is 2.45. The van der Waals surface area contributed by atoms with Gasteiger partial charge in [-0.2, -0.15) is 5.10 Å². The number of hydrogen-bond donors (Lipinski definition) is 1. The Morgan fingerprint density at radius 2 is 2.22 bits per heavy atom. The van der Waals surface area contributed by atoms with Gasteiger partial charge in [0.2, 0.25) is 0 Å². The first-order valence-corrected chi connectivity index (χ1v) is 6.31. The van der Waals surface area contributed by atoms with E-state index in [1.807, 2.05) is 29.1 Å². The maximum absolute atomic E-state index is 5.67. The minimum Gasteiger partial charge on any atom is -0.493 e. The van der Waals surface area contributed by atoms with Crippen LogP contribution in [0, 0.1) is 0 Å². The summed E-state index contributed by atoms with van der Waals surface area (Å²) < 4.78 is 7.65. The first kappa shape index (κ1) is 11.3. The molecule has 1 atom stereocenters. The van der Waals surface area contributed by atoms with E-state index in [4.69, 9.17) is 10.5 Å². The van der Waals surface area contributed by atoms with Gasteiger partial charge >= 0.3 is 0 Å². The largest absolute Gasteiger partial charge is 0.493 e. The van der Waals surface area contributed by atoms with Crippen molar-refractivity contribution in [3.05, 3.63) is 47.8 Å². The van der Waals surface area contributed by atoms with Gasteiger partial charge in [-0.05, 0) is 24.1 Å². The van der Waals surface area contributed by atoms with E-state index in [1.54, 1.807) is 0 Å². The Morgan fingerprint density at radius 3 is 3.06 bits per heavy atom. The third-order valence-electron chi connectivity index (χ3n) is 3.40. The number of nitrogens with zero attached hydrogens (tertiary/aromatic N) is 2. The van der Waals surface area contributed by atoms with E-state index in [0.29, 0.717) is 12.5 Å². The molecule has 94 valence electrons. The van der Waals surface area contributed by atoms with Gasteiger partial charge in [0.1, 0.15) is 5.75 Å². The number of ether oxygens (including phenoxy) is 1. The molecular weight excluding hydrogens is 226 g/mol. The molecule has 2 heterocycles. The van der Waals surface area contributed by atoms with Gasteiger partial charge in [0.25, 0.3) is 0 Å². The highest BCUT2D eigenvalue weighted by Gasteiger charge is 2.21. The molecule has 0 bridgehead atoms. The van der Waals surface area contributed by atoms with Crippen LogP contribution in [0.5, 0.6) is 5.75 Å². The Kier molecular flexibility index (Phi) is 3.02. The molecule has 18 heavy (non-hydrogen) atoms. The van der Waals surface area contributed by atoms with Crippen LogP contribution >= 0.6 is 0 Å². The molecule has 0 spiro atoms. The van der Waals surface area contributed by atoms with E-state index in [9.17, 15) is 0 Å². The number of hydrogen-bond acceptors (Lipinski definition) is 3. The highest BCUT2D eigenvalue weighted by Crippen LogP contribution is 2.34. The highest BCUT2D eigenvalue weighted by molar-refractivity contribution is 5.37. The molecule has 0 fully saturated rings. The van der Waals surface area contributed by atoms with E-state index in [-0.39, 0.29) is 0 Å². The van der Waals surface area contributed by atoms with Crippen LogP contribution in [0.25, 0.3) is 0 Å². The van der Waals surface area contributed by atoms with Gasteiger partial charge in [0, 0.05) is 25.2 Å². The number of fused-ring (bicyclic) bond motifs is 1. The zero-order valence-electron chi connectivity index (χ0n) is 10.2. The van der Waals surface area contributed by atoms with Gasteiger partial charge in [-0.25, -0.2) is 0 Å². The number of aromatic nitrogens is 2. The van der Waals surface area contributed by atoms with Gasteiger partial charge in [-0.15, -0.1) is 0 Å². The monoisotopic (exact) mass is 243 g/mol. The molecule has 0 aliphatic carbocycles. The number of rotatable bonds is 3. The third-order valence-corrected chi connectivity index (χ3v) is 3.40. The number of benzene rings is 1. The first-order chi connectivity index (χ1) is 8.86. The maximum atomic E-state index is 5.67. The van der Waals surface area contributed by atoms with Gasteiger partial charge in [0.05, 0.1) is 12.3 Å². The predicted octanol–water partition coefficient (Wildman–Crippen LogP) is 1.91. The van der Waals surface area contributed by atoms with E-state index in [2.05, 4.69) is 17.2 Å². The van der Waals surface area contributed by atoms with Crippen LogP contribution in [0.1, 0.15) is 23.6 Å². The lowest BCUT2D eigenvalue weighted by Crippen LogP contribution is -2.19. The molecule has 0 saturated carbocycles. The molecule has 4 nitrogen and oxygen atoms in total. The molecule has 1 aromatic heterocycles. The lowest BCUT2D eigenvalue weighted by Gasteiger charge is -2.25. The predicted molar refractivity (Wildman–Crippen MR) is 69.4 cm³/mol. The molecule has 1 unspecified atom stereocenters. The standard InChI is InChI=1S/C14H17N3O/c15-9-12-5-7-17(16-12)10-11-6-8-18-14-4-2-1-3-13(11)14/h1-5,7,11H,6,8-10,15H2. The summed E-state index contributed by atoms with van der Waals surface area (Å²) in [7, 11) is 0. The van der Waals surface area contributed by atoms with Gasteiger partial charge < -0.3 is 10.5 Å². The quantitative estimate of drug-likeness (QED) is 0.896. The zero-order chi connectivity index (χ0) is 12.4. The van der Waals surface area contributed by atoms with Gasteiger partial charge in [-0.3, -0.25) is 4.68 Å². The minimum atomic E-state index is 0.473. The second-order valence-electron chi connectivity index (χ2n) is 4.61. The van der Waals surface area contributed by atoms with Crippen LogP contribution in [0.15, 0.2) is 36.5 Å². The molecule has 2 N–H and O–H groups in total. The molecular formula is C14H17N3O. The molecule has 4 heteroatoms. The van der Waals surface area contributed by atoms with Crippen LogP contribution in [0.3, 0.4) is 0 Å². The lowest BCUT2D eigenvalue weighted by atomic mass is 9.93. The van der Waals surface area contributed by atoms with E-state index in [1.165, 1.54) is 5.56 Å². The third kappa shape index (κ3) is 2.11. The molecule has 1 aliphatic rings. The number of para-hydroxylation sites is 1. The molecule has 0 radical (unpaired) electrons. The van der Waals surface area contributed by atoms with Crippen molar-refractivity contribution < 1.29 is 4.74 Å². The molecule has 2 aromatic rings. The lowest BCUT2D eigenvalue weighted by molar-refractivity contribution is 0.256. The zero-order valence-corrected chi connectivity index (χ0v) is 10.2. The maximum Gasteiger partial charge on any atom is 0.122 e. The van der Waals surface area contributed by atoms with Crippen LogP contribution in [0.4, 0.5) is 0 Å². The summed E-state index contributed by atoms with van der Waals surface area (Å²) in [5.41, 5.74) is 7.80. The summed E-state index contributed by atoms with van der Waals surface area (Å²) in [6.45, 7) is 2.17. The highest BCUT2D eigenvalue weighted by atomic mass is 16.5. The van der Waals surface area contributed by atoms with Gasteiger partial charge in [-0.1, -0.05) is 18.2 Å². The van der Waals surface area contributed by atoms with Crippen molar-refractivity contribution in [3.63, 3.8) is 0 Å². The van der Waals surface area contributed by atoms with Crippen molar-refractivity contribution in [2.45, 2.75) is 25.4 Å². The molecule has 1 aliphatic heterocycles. The summed E-state index contributed by atoms with van der Waals surface area (Å²) in [5.74, 6) is 1.49. The Morgan fingerprint density at radius 1 is 1.33 bits per heavy atom. The average molecular weight is 243 g/mol. The van der Waals surface area contributed by atoms with Crippen molar-refractivity contribution in [1.82, 2.24) is 9.78 Å². The SMILES string of the molecule is NCc1ccn(CC2CCOc3ccccc32)n1. The first-order valence-electron chi connectivity index (χ1n) is 6.31. The Hall–Kier alpha value is -1.81. The summed E-state index contributed by atoms with van der Waals surface area (Å²) in [4.78, 5) is 0. The van der Waals surface area contributed by atoms with E-state index >= 15 is 0 Å². The van der Waals surface area contributed by atoms with Gasteiger partial charge in [0.15, 0.2) is 0 Å². The Labute approximate surface area is 106 Å². The summed E-state index contributed by atoms with van der Waals surface area (Å²) in [5, 5.41) is 4.45. The summed E-state index contributed by atoms with van der Waals surface area (Å²) in [6.07, 6.45) is 3.04. The van der Waals surface area contributed by atoms with Crippen molar-refractivity contribution in [3.8, 4) is 5.75 Å². The molecule has 0 saturated heterocycles. The summed E-state index contributed by atoms with van der Waals surface area (Å²) >= 11 is 0. The number of nitrogens with two attached hydrogens (primary N) is 1.